The average molecular weight is 282 g/mol. The molecule has 0 unspecified atom stereocenters. The first-order valence-corrected chi connectivity index (χ1v) is 7.27. The number of benzene rings is 1. The number of nitrogens with one attached hydrogen (secondary N) is 1. The summed E-state index contributed by atoms with van der Waals surface area (Å²) in [5, 5.41) is 0.229. The number of sulfonamides is 1. The molecule has 6 heteroatoms. The first kappa shape index (κ1) is 13.8. The van der Waals surface area contributed by atoms with Gasteiger partial charge < -0.3 is 0 Å². The standard InChI is InChI=1S/C10H13Cl2NO2S/c11-7-3-4-8-13-16(14,15)10-6-2-1-5-9(10)12/h1-2,5-6,13H,3-4,7-8H2. The van der Waals surface area contributed by atoms with Crippen molar-refractivity contribution in [2.75, 3.05) is 12.4 Å². The molecule has 16 heavy (non-hydrogen) atoms. The van der Waals surface area contributed by atoms with Crippen LogP contribution in [0.15, 0.2) is 29.2 Å². The Bertz CT molecular complexity index is 434. The predicted octanol–water partition coefficient (Wildman–Crippen LogP) is 2.64. The summed E-state index contributed by atoms with van der Waals surface area (Å²) >= 11 is 11.3. The summed E-state index contributed by atoms with van der Waals surface area (Å²) in [7, 11) is -3.50. The number of rotatable bonds is 6. The molecule has 1 N–H and O–H groups in total. The second-order valence-electron chi connectivity index (χ2n) is 3.22. The van der Waals surface area contributed by atoms with Gasteiger partial charge in [0.05, 0.1) is 5.02 Å². The number of hydrogen-bond acceptors (Lipinski definition) is 2. The second kappa shape index (κ2) is 6.45. The lowest BCUT2D eigenvalue weighted by molar-refractivity contribution is 0.578. The summed E-state index contributed by atoms with van der Waals surface area (Å²) in [4.78, 5) is 0.113. The zero-order chi connectivity index (χ0) is 12.0. The molecule has 0 aromatic heterocycles. The van der Waals surface area contributed by atoms with E-state index in [4.69, 9.17) is 23.2 Å². The molecule has 0 amide bonds. The largest absolute Gasteiger partial charge is 0.242 e. The molecule has 90 valence electrons. The van der Waals surface area contributed by atoms with Crippen LogP contribution in [0.3, 0.4) is 0 Å². The van der Waals surface area contributed by atoms with Crippen molar-refractivity contribution in [3.63, 3.8) is 0 Å². The molecular formula is C10H13Cl2NO2S. The first-order valence-electron chi connectivity index (χ1n) is 4.88. The van der Waals surface area contributed by atoms with Crippen molar-refractivity contribution in [1.82, 2.24) is 4.72 Å². The maximum Gasteiger partial charge on any atom is 0.242 e. The molecule has 0 aliphatic rings. The zero-order valence-corrected chi connectivity index (χ0v) is 10.9. The predicted molar refractivity (Wildman–Crippen MR) is 66.6 cm³/mol. The van der Waals surface area contributed by atoms with Gasteiger partial charge in [0, 0.05) is 12.4 Å². The maximum absolute atomic E-state index is 11.8. The molecular weight excluding hydrogens is 269 g/mol. The van der Waals surface area contributed by atoms with Gasteiger partial charge in [0.25, 0.3) is 0 Å². The number of alkyl halides is 1. The summed E-state index contributed by atoms with van der Waals surface area (Å²) in [6.45, 7) is 0.375. The quantitative estimate of drug-likeness (QED) is 0.644. The lowest BCUT2D eigenvalue weighted by Crippen LogP contribution is -2.25. The Balaban J connectivity index is 2.68. The Morgan fingerprint density at radius 3 is 2.50 bits per heavy atom. The van der Waals surface area contributed by atoms with E-state index in [-0.39, 0.29) is 9.92 Å². The third-order valence-corrected chi connectivity index (χ3v) is 4.21. The van der Waals surface area contributed by atoms with E-state index in [0.717, 1.165) is 6.42 Å². The van der Waals surface area contributed by atoms with Gasteiger partial charge in [-0.2, -0.15) is 0 Å². The van der Waals surface area contributed by atoms with Gasteiger partial charge in [-0.1, -0.05) is 23.7 Å². The first-order chi connectivity index (χ1) is 7.58. The Morgan fingerprint density at radius 1 is 1.19 bits per heavy atom. The highest BCUT2D eigenvalue weighted by Gasteiger charge is 2.15. The third kappa shape index (κ3) is 3.94. The van der Waals surface area contributed by atoms with Crippen LogP contribution < -0.4 is 4.72 Å². The molecule has 0 spiro atoms. The van der Waals surface area contributed by atoms with Gasteiger partial charge in [-0.25, -0.2) is 13.1 Å². The van der Waals surface area contributed by atoms with Gasteiger partial charge in [0.2, 0.25) is 10.0 Å². The topological polar surface area (TPSA) is 46.2 Å². The number of halogens is 2. The fourth-order valence-corrected chi connectivity index (χ4v) is 2.95. The average Bonchev–Trinajstić information content (AvgIpc) is 2.25. The lowest BCUT2D eigenvalue weighted by atomic mass is 10.3. The van der Waals surface area contributed by atoms with Crippen LogP contribution in [0.4, 0.5) is 0 Å². The molecule has 0 saturated heterocycles. The Hall–Kier alpha value is -0.290. The lowest BCUT2D eigenvalue weighted by Gasteiger charge is -2.07. The van der Waals surface area contributed by atoms with Crippen molar-refractivity contribution in [3.8, 4) is 0 Å². The van der Waals surface area contributed by atoms with Crippen LogP contribution in [0.5, 0.6) is 0 Å². The Kier molecular flexibility index (Phi) is 5.55. The van der Waals surface area contributed by atoms with Crippen LogP contribution in [-0.4, -0.2) is 20.8 Å². The molecule has 0 aliphatic carbocycles. The van der Waals surface area contributed by atoms with Gasteiger partial charge in [0.15, 0.2) is 0 Å². The van der Waals surface area contributed by atoms with Crippen molar-refractivity contribution in [2.45, 2.75) is 17.7 Å². The molecule has 0 saturated carbocycles. The van der Waals surface area contributed by atoms with Crippen LogP contribution in [0.2, 0.25) is 5.02 Å². The summed E-state index contributed by atoms with van der Waals surface area (Å²) in [5.41, 5.74) is 0. The molecule has 0 heterocycles. The highest BCUT2D eigenvalue weighted by Crippen LogP contribution is 2.19. The van der Waals surface area contributed by atoms with E-state index in [2.05, 4.69) is 4.72 Å². The van der Waals surface area contributed by atoms with Crippen molar-refractivity contribution >= 4 is 33.2 Å². The second-order valence-corrected chi connectivity index (χ2v) is 5.74. The number of unbranched alkanes of at least 4 members (excludes halogenated alkanes) is 1. The minimum atomic E-state index is -3.50. The van der Waals surface area contributed by atoms with Crippen molar-refractivity contribution in [2.24, 2.45) is 0 Å². The van der Waals surface area contributed by atoms with E-state index < -0.39 is 10.0 Å². The molecule has 0 aliphatic heterocycles. The van der Waals surface area contributed by atoms with E-state index in [9.17, 15) is 8.42 Å². The summed E-state index contributed by atoms with van der Waals surface area (Å²) in [5.74, 6) is 0.536. The highest BCUT2D eigenvalue weighted by atomic mass is 35.5. The molecule has 1 aromatic carbocycles. The van der Waals surface area contributed by atoms with Gasteiger partial charge in [-0.05, 0) is 25.0 Å². The molecule has 3 nitrogen and oxygen atoms in total. The van der Waals surface area contributed by atoms with E-state index in [0.29, 0.717) is 18.8 Å². The van der Waals surface area contributed by atoms with Crippen LogP contribution in [0.1, 0.15) is 12.8 Å². The summed E-state index contributed by atoms with van der Waals surface area (Å²) in [6, 6.07) is 6.36. The molecule has 1 rings (SSSR count). The minimum absolute atomic E-state index is 0.113. The van der Waals surface area contributed by atoms with Crippen molar-refractivity contribution in [3.05, 3.63) is 29.3 Å². The van der Waals surface area contributed by atoms with Gasteiger partial charge >= 0.3 is 0 Å². The third-order valence-electron chi connectivity index (χ3n) is 1.98. The Morgan fingerprint density at radius 2 is 1.88 bits per heavy atom. The van der Waals surface area contributed by atoms with E-state index in [1.54, 1.807) is 18.2 Å². The summed E-state index contributed by atoms with van der Waals surface area (Å²) in [6.07, 6.45) is 1.50. The maximum atomic E-state index is 11.8. The monoisotopic (exact) mass is 281 g/mol. The molecule has 0 fully saturated rings. The van der Waals surface area contributed by atoms with Gasteiger partial charge in [0.1, 0.15) is 4.90 Å². The number of hydrogen-bond donors (Lipinski definition) is 1. The fourth-order valence-electron chi connectivity index (χ4n) is 1.17. The van der Waals surface area contributed by atoms with Crippen LogP contribution in [0.25, 0.3) is 0 Å². The van der Waals surface area contributed by atoms with Gasteiger partial charge in [-0.15, -0.1) is 11.6 Å². The van der Waals surface area contributed by atoms with Crippen molar-refractivity contribution in [1.29, 1.82) is 0 Å². The minimum Gasteiger partial charge on any atom is -0.211 e. The molecule has 0 bridgehead atoms. The van der Waals surface area contributed by atoms with Crippen LogP contribution in [-0.2, 0) is 10.0 Å². The van der Waals surface area contributed by atoms with Crippen molar-refractivity contribution < 1.29 is 8.42 Å². The summed E-state index contributed by atoms with van der Waals surface area (Å²) < 4.78 is 26.1. The Labute approximate surface area is 106 Å². The van der Waals surface area contributed by atoms with E-state index >= 15 is 0 Å². The molecule has 0 atom stereocenters. The van der Waals surface area contributed by atoms with Crippen LogP contribution >= 0.6 is 23.2 Å². The normalized spacial score (nSPS) is 11.6. The van der Waals surface area contributed by atoms with E-state index in [1.165, 1.54) is 6.07 Å². The molecule has 0 radical (unpaired) electrons. The fraction of sp³-hybridized carbons (Fsp3) is 0.400. The van der Waals surface area contributed by atoms with E-state index in [1.807, 2.05) is 0 Å². The smallest absolute Gasteiger partial charge is 0.211 e. The van der Waals surface area contributed by atoms with Crippen LogP contribution in [0, 0.1) is 0 Å². The highest BCUT2D eigenvalue weighted by molar-refractivity contribution is 7.89. The molecule has 1 aromatic rings. The SMILES string of the molecule is O=S(=O)(NCCCCCl)c1ccccc1Cl. The van der Waals surface area contributed by atoms with Gasteiger partial charge in [-0.3, -0.25) is 0 Å². The zero-order valence-electron chi connectivity index (χ0n) is 8.62.